The average Bonchev–Trinajstić information content (AvgIpc) is 2.58. The highest BCUT2D eigenvalue weighted by molar-refractivity contribution is 9.10. The number of benzene rings is 1. The summed E-state index contributed by atoms with van der Waals surface area (Å²) in [6, 6.07) is 7.76. The summed E-state index contributed by atoms with van der Waals surface area (Å²) in [5, 5.41) is 6.43. The molecular formula is C13H17BrN2O. The first-order valence-corrected chi connectivity index (χ1v) is 6.83. The zero-order chi connectivity index (χ0) is 12.1. The first-order chi connectivity index (χ1) is 8.27. The third-order valence-corrected chi connectivity index (χ3v) is 3.69. The molecule has 1 unspecified atom stereocenters. The maximum Gasteiger partial charge on any atom is 0.252 e. The molecule has 3 nitrogen and oxygen atoms in total. The van der Waals surface area contributed by atoms with Crippen LogP contribution in [0.3, 0.4) is 0 Å². The molecule has 0 aromatic heterocycles. The fraction of sp³-hybridized carbons (Fsp3) is 0.462. The molecule has 4 heteroatoms. The lowest BCUT2D eigenvalue weighted by molar-refractivity contribution is 0.0935. The molecule has 17 heavy (non-hydrogen) atoms. The van der Waals surface area contributed by atoms with Crippen LogP contribution in [-0.4, -0.2) is 25.0 Å². The van der Waals surface area contributed by atoms with Crippen molar-refractivity contribution in [2.45, 2.75) is 25.3 Å². The number of amides is 1. The second kappa shape index (κ2) is 6.17. The van der Waals surface area contributed by atoms with Gasteiger partial charge in [0.15, 0.2) is 0 Å². The van der Waals surface area contributed by atoms with Crippen LogP contribution in [0.4, 0.5) is 0 Å². The Morgan fingerprint density at radius 2 is 2.18 bits per heavy atom. The van der Waals surface area contributed by atoms with E-state index in [1.807, 2.05) is 24.3 Å². The molecule has 0 spiro atoms. The Morgan fingerprint density at radius 3 is 3.00 bits per heavy atom. The molecule has 0 radical (unpaired) electrons. The second-order valence-electron chi connectivity index (χ2n) is 4.35. The van der Waals surface area contributed by atoms with Crippen LogP contribution in [0.15, 0.2) is 28.7 Å². The van der Waals surface area contributed by atoms with Crippen molar-refractivity contribution < 1.29 is 4.79 Å². The van der Waals surface area contributed by atoms with Crippen LogP contribution < -0.4 is 10.6 Å². The van der Waals surface area contributed by atoms with Gasteiger partial charge in [0, 0.05) is 17.1 Å². The molecule has 1 aliphatic rings. The highest BCUT2D eigenvalue weighted by Gasteiger charge is 2.16. The Labute approximate surface area is 110 Å². The topological polar surface area (TPSA) is 41.1 Å². The largest absolute Gasteiger partial charge is 0.348 e. The van der Waals surface area contributed by atoms with Crippen LogP contribution in [0.2, 0.25) is 0 Å². The van der Waals surface area contributed by atoms with E-state index in [0.717, 1.165) is 24.0 Å². The van der Waals surface area contributed by atoms with Crippen molar-refractivity contribution >= 4 is 21.8 Å². The molecule has 2 N–H and O–H groups in total. The molecule has 1 atom stereocenters. The molecule has 1 aromatic rings. The molecule has 1 aromatic carbocycles. The Balaban J connectivity index is 1.98. The van der Waals surface area contributed by atoms with Crippen LogP contribution in [0, 0.1) is 0 Å². The molecule has 1 amide bonds. The average molecular weight is 297 g/mol. The zero-order valence-corrected chi connectivity index (χ0v) is 11.3. The third-order valence-electron chi connectivity index (χ3n) is 3.00. The van der Waals surface area contributed by atoms with Crippen LogP contribution in [0.25, 0.3) is 0 Å². The van der Waals surface area contributed by atoms with Crippen LogP contribution in [0.1, 0.15) is 29.6 Å². The summed E-state index contributed by atoms with van der Waals surface area (Å²) in [5.74, 6) is 0.00572. The summed E-state index contributed by atoms with van der Waals surface area (Å²) >= 11 is 3.40. The van der Waals surface area contributed by atoms with Gasteiger partial charge < -0.3 is 10.6 Å². The second-order valence-corrected chi connectivity index (χ2v) is 5.20. The first-order valence-electron chi connectivity index (χ1n) is 6.03. The van der Waals surface area contributed by atoms with E-state index in [1.165, 1.54) is 12.8 Å². The summed E-state index contributed by atoms with van der Waals surface area (Å²) in [5.41, 5.74) is 0.705. The van der Waals surface area contributed by atoms with Gasteiger partial charge in [-0.2, -0.15) is 0 Å². The van der Waals surface area contributed by atoms with Gasteiger partial charge in [0.05, 0.1) is 5.56 Å². The Bertz CT molecular complexity index is 387. The van der Waals surface area contributed by atoms with Gasteiger partial charge in [-0.05, 0) is 47.4 Å². The third kappa shape index (κ3) is 3.54. The highest BCUT2D eigenvalue weighted by Crippen LogP contribution is 2.16. The van der Waals surface area contributed by atoms with E-state index >= 15 is 0 Å². The van der Waals surface area contributed by atoms with Crippen LogP contribution in [0.5, 0.6) is 0 Å². The summed E-state index contributed by atoms with van der Waals surface area (Å²) < 4.78 is 0.846. The van der Waals surface area contributed by atoms with Crippen molar-refractivity contribution in [1.29, 1.82) is 0 Å². The van der Waals surface area contributed by atoms with E-state index in [-0.39, 0.29) is 11.9 Å². The zero-order valence-electron chi connectivity index (χ0n) is 9.71. The molecule has 1 saturated heterocycles. The molecule has 1 heterocycles. The number of carbonyl (C=O) groups is 1. The van der Waals surface area contributed by atoms with Gasteiger partial charge in [-0.1, -0.05) is 18.6 Å². The fourth-order valence-corrected chi connectivity index (χ4v) is 2.52. The van der Waals surface area contributed by atoms with E-state index in [0.29, 0.717) is 5.56 Å². The molecule has 92 valence electrons. The minimum absolute atomic E-state index is 0.00572. The standard InChI is InChI=1S/C13H17BrN2O/c14-12-7-2-1-6-11(12)13(17)16-10-5-3-4-8-15-9-10/h1-2,6-7,10,15H,3-5,8-9H2,(H,16,17). The van der Waals surface area contributed by atoms with E-state index < -0.39 is 0 Å². The Kier molecular flexibility index (Phi) is 4.57. The van der Waals surface area contributed by atoms with E-state index in [4.69, 9.17) is 0 Å². The predicted molar refractivity (Wildman–Crippen MR) is 72.1 cm³/mol. The minimum Gasteiger partial charge on any atom is -0.348 e. The van der Waals surface area contributed by atoms with Gasteiger partial charge in [0.25, 0.3) is 5.91 Å². The van der Waals surface area contributed by atoms with Crippen LogP contribution in [-0.2, 0) is 0 Å². The van der Waals surface area contributed by atoms with E-state index in [1.54, 1.807) is 0 Å². The maximum atomic E-state index is 12.1. The molecule has 0 saturated carbocycles. The molecule has 2 rings (SSSR count). The number of carbonyl (C=O) groups excluding carboxylic acids is 1. The molecular weight excluding hydrogens is 280 g/mol. The minimum atomic E-state index is 0.00572. The molecule has 0 bridgehead atoms. The van der Waals surface area contributed by atoms with Crippen molar-refractivity contribution in [3.8, 4) is 0 Å². The number of rotatable bonds is 2. The molecule has 0 aliphatic carbocycles. The number of hydrogen-bond donors (Lipinski definition) is 2. The van der Waals surface area contributed by atoms with Crippen molar-refractivity contribution in [3.63, 3.8) is 0 Å². The molecule has 1 fully saturated rings. The summed E-state index contributed by atoms with van der Waals surface area (Å²) in [6.45, 7) is 1.93. The maximum absolute atomic E-state index is 12.1. The predicted octanol–water partition coefficient (Wildman–Crippen LogP) is 2.32. The van der Waals surface area contributed by atoms with Gasteiger partial charge in [-0.25, -0.2) is 0 Å². The summed E-state index contributed by atoms with van der Waals surface area (Å²) in [4.78, 5) is 12.1. The normalized spacial score (nSPS) is 20.6. The number of hydrogen-bond acceptors (Lipinski definition) is 2. The van der Waals surface area contributed by atoms with Gasteiger partial charge in [-0.15, -0.1) is 0 Å². The molecule has 1 aliphatic heterocycles. The van der Waals surface area contributed by atoms with Gasteiger partial charge in [-0.3, -0.25) is 4.79 Å². The van der Waals surface area contributed by atoms with Crippen molar-refractivity contribution in [2.24, 2.45) is 0 Å². The van der Waals surface area contributed by atoms with Crippen molar-refractivity contribution in [1.82, 2.24) is 10.6 Å². The van der Waals surface area contributed by atoms with E-state index in [9.17, 15) is 4.79 Å². The quantitative estimate of drug-likeness (QED) is 0.879. The Hall–Kier alpha value is -0.870. The van der Waals surface area contributed by atoms with Crippen molar-refractivity contribution in [3.05, 3.63) is 34.3 Å². The lowest BCUT2D eigenvalue weighted by Gasteiger charge is -2.16. The number of halogens is 1. The monoisotopic (exact) mass is 296 g/mol. The lowest BCUT2D eigenvalue weighted by Crippen LogP contribution is -2.40. The fourth-order valence-electron chi connectivity index (χ4n) is 2.05. The summed E-state index contributed by atoms with van der Waals surface area (Å²) in [6.07, 6.45) is 3.43. The van der Waals surface area contributed by atoms with Gasteiger partial charge in [0.2, 0.25) is 0 Å². The van der Waals surface area contributed by atoms with Crippen LogP contribution >= 0.6 is 15.9 Å². The highest BCUT2D eigenvalue weighted by atomic mass is 79.9. The van der Waals surface area contributed by atoms with E-state index in [2.05, 4.69) is 26.6 Å². The lowest BCUT2D eigenvalue weighted by atomic mass is 10.1. The smallest absolute Gasteiger partial charge is 0.252 e. The number of nitrogens with one attached hydrogen (secondary N) is 2. The Morgan fingerprint density at radius 1 is 1.35 bits per heavy atom. The first kappa shape index (κ1) is 12.6. The van der Waals surface area contributed by atoms with Gasteiger partial charge in [0.1, 0.15) is 0 Å². The van der Waals surface area contributed by atoms with Gasteiger partial charge >= 0.3 is 0 Å². The van der Waals surface area contributed by atoms with Crippen molar-refractivity contribution in [2.75, 3.05) is 13.1 Å². The SMILES string of the molecule is O=C(NC1CCCCNC1)c1ccccc1Br. The summed E-state index contributed by atoms with van der Waals surface area (Å²) in [7, 11) is 0.